The van der Waals surface area contributed by atoms with Gasteiger partial charge in [-0.05, 0) is 44.4 Å². The smallest absolute Gasteiger partial charge is 0.180 e. The molecule has 0 bridgehead atoms. The van der Waals surface area contributed by atoms with E-state index >= 15 is 0 Å². The van der Waals surface area contributed by atoms with E-state index in [4.69, 9.17) is 11.5 Å². The van der Waals surface area contributed by atoms with Gasteiger partial charge in [0, 0.05) is 11.6 Å². The van der Waals surface area contributed by atoms with Crippen LogP contribution in [0.1, 0.15) is 38.3 Å². The van der Waals surface area contributed by atoms with E-state index in [0.717, 1.165) is 18.4 Å². The summed E-state index contributed by atoms with van der Waals surface area (Å²) in [6.07, 6.45) is 1.86. The number of nitrogens with two attached hydrogens (primary N) is 2. The van der Waals surface area contributed by atoms with Crippen LogP contribution in [-0.2, 0) is 9.84 Å². The Balaban J connectivity index is 2.26. The zero-order valence-electron chi connectivity index (χ0n) is 10.8. The van der Waals surface area contributed by atoms with Crippen LogP contribution in [0.3, 0.4) is 0 Å². The SMILES string of the molecule is CC(C)S(=O)(=O)c1ccc(C(N)C2(N)CC2)cc1. The number of hydrogen-bond donors (Lipinski definition) is 2. The van der Waals surface area contributed by atoms with E-state index in [1.807, 2.05) is 0 Å². The average Bonchev–Trinajstić information content (AvgIpc) is 3.07. The van der Waals surface area contributed by atoms with Crippen molar-refractivity contribution in [3.05, 3.63) is 29.8 Å². The van der Waals surface area contributed by atoms with Gasteiger partial charge < -0.3 is 11.5 Å². The van der Waals surface area contributed by atoms with Crippen LogP contribution in [-0.4, -0.2) is 19.2 Å². The van der Waals surface area contributed by atoms with Crippen molar-refractivity contribution < 1.29 is 8.42 Å². The molecule has 0 spiro atoms. The zero-order chi connectivity index (χ0) is 13.6. The Morgan fingerprint density at radius 3 is 2.06 bits per heavy atom. The van der Waals surface area contributed by atoms with Gasteiger partial charge in [0.1, 0.15) is 0 Å². The summed E-state index contributed by atoms with van der Waals surface area (Å²) in [4.78, 5) is 0.343. The van der Waals surface area contributed by atoms with Crippen LogP contribution in [0, 0.1) is 0 Å². The fourth-order valence-electron chi connectivity index (χ4n) is 1.92. The van der Waals surface area contributed by atoms with Crippen LogP contribution in [0.15, 0.2) is 29.2 Å². The van der Waals surface area contributed by atoms with Gasteiger partial charge in [-0.15, -0.1) is 0 Å². The molecule has 0 aromatic heterocycles. The van der Waals surface area contributed by atoms with Crippen LogP contribution in [0.25, 0.3) is 0 Å². The first-order valence-corrected chi connectivity index (χ1v) is 7.70. The van der Waals surface area contributed by atoms with Crippen molar-refractivity contribution in [3.8, 4) is 0 Å². The van der Waals surface area contributed by atoms with Gasteiger partial charge in [-0.25, -0.2) is 8.42 Å². The van der Waals surface area contributed by atoms with Crippen molar-refractivity contribution in [3.63, 3.8) is 0 Å². The third-order valence-corrected chi connectivity index (χ3v) is 5.81. The molecule has 1 aromatic rings. The van der Waals surface area contributed by atoms with Gasteiger partial charge >= 0.3 is 0 Å². The van der Waals surface area contributed by atoms with Crippen molar-refractivity contribution in [2.24, 2.45) is 11.5 Å². The van der Waals surface area contributed by atoms with Crippen LogP contribution >= 0.6 is 0 Å². The lowest BCUT2D eigenvalue weighted by Crippen LogP contribution is -2.36. The molecule has 1 unspecified atom stereocenters. The van der Waals surface area contributed by atoms with E-state index in [9.17, 15) is 8.42 Å². The predicted molar refractivity (Wildman–Crippen MR) is 71.8 cm³/mol. The minimum absolute atomic E-state index is 0.215. The molecule has 0 aliphatic heterocycles. The van der Waals surface area contributed by atoms with Crippen molar-refractivity contribution in [2.45, 2.75) is 48.4 Å². The molecule has 100 valence electrons. The van der Waals surface area contributed by atoms with E-state index in [0.29, 0.717) is 4.90 Å². The van der Waals surface area contributed by atoms with E-state index in [-0.39, 0.29) is 11.6 Å². The summed E-state index contributed by atoms with van der Waals surface area (Å²) in [5.41, 5.74) is 12.7. The Hall–Kier alpha value is -0.910. The maximum atomic E-state index is 12.0. The van der Waals surface area contributed by atoms with Gasteiger partial charge in [0.05, 0.1) is 10.1 Å². The lowest BCUT2D eigenvalue weighted by Gasteiger charge is -2.19. The van der Waals surface area contributed by atoms with Gasteiger partial charge in [0.2, 0.25) is 0 Å². The number of sulfone groups is 1. The molecule has 1 aromatic carbocycles. The molecule has 4 N–H and O–H groups in total. The van der Waals surface area contributed by atoms with Crippen molar-refractivity contribution in [1.82, 2.24) is 0 Å². The van der Waals surface area contributed by atoms with Crippen LogP contribution < -0.4 is 11.5 Å². The average molecular weight is 268 g/mol. The van der Waals surface area contributed by atoms with Crippen LogP contribution in [0.4, 0.5) is 0 Å². The third kappa shape index (κ3) is 2.30. The monoisotopic (exact) mass is 268 g/mol. The molecule has 1 fully saturated rings. The van der Waals surface area contributed by atoms with Crippen LogP contribution in [0.2, 0.25) is 0 Å². The highest BCUT2D eigenvalue weighted by molar-refractivity contribution is 7.92. The summed E-state index contributed by atoms with van der Waals surface area (Å²) >= 11 is 0. The predicted octanol–water partition coefficient (Wildman–Crippen LogP) is 1.36. The largest absolute Gasteiger partial charge is 0.323 e. The first kappa shape index (κ1) is 13.5. The second-order valence-electron chi connectivity index (χ2n) is 5.37. The molecular formula is C13H20N2O2S. The van der Waals surface area contributed by atoms with Crippen molar-refractivity contribution in [2.75, 3.05) is 0 Å². The molecule has 5 heteroatoms. The molecule has 0 saturated heterocycles. The van der Waals surface area contributed by atoms with Crippen molar-refractivity contribution >= 4 is 9.84 Å². The van der Waals surface area contributed by atoms with Gasteiger partial charge in [-0.2, -0.15) is 0 Å². The second kappa shape index (κ2) is 4.33. The zero-order valence-corrected chi connectivity index (χ0v) is 11.6. The topological polar surface area (TPSA) is 86.2 Å². The standard InChI is InChI=1S/C13H20N2O2S/c1-9(2)18(16,17)11-5-3-10(4-6-11)12(14)13(15)7-8-13/h3-6,9,12H,7-8,14-15H2,1-2H3. The molecule has 0 amide bonds. The Kier molecular flexibility index (Phi) is 3.25. The Morgan fingerprint density at radius 2 is 1.67 bits per heavy atom. The van der Waals surface area contributed by atoms with Gasteiger partial charge in [-0.3, -0.25) is 0 Å². The fourth-order valence-corrected chi connectivity index (χ4v) is 2.98. The quantitative estimate of drug-likeness (QED) is 0.863. The third-order valence-electron chi connectivity index (χ3n) is 3.64. The maximum absolute atomic E-state index is 12.0. The highest BCUT2D eigenvalue weighted by atomic mass is 32.2. The molecular weight excluding hydrogens is 248 g/mol. The van der Waals surface area contributed by atoms with E-state index in [1.54, 1.807) is 38.1 Å². The summed E-state index contributed by atoms with van der Waals surface area (Å²) in [5.74, 6) is 0. The molecule has 1 aliphatic rings. The van der Waals surface area contributed by atoms with Gasteiger partial charge in [-0.1, -0.05) is 12.1 Å². The van der Waals surface area contributed by atoms with Gasteiger partial charge in [0.15, 0.2) is 9.84 Å². The maximum Gasteiger partial charge on any atom is 0.180 e. The summed E-state index contributed by atoms with van der Waals surface area (Å²) in [6, 6.07) is 6.57. The molecule has 0 heterocycles. The highest BCUT2D eigenvalue weighted by Gasteiger charge is 2.44. The Bertz CT molecular complexity index is 531. The molecule has 2 rings (SSSR count). The first-order chi connectivity index (χ1) is 8.27. The number of benzene rings is 1. The van der Waals surface area contributed by atoms with E-state index < -0.39 is 15.1 Å². The summed E-state index contributed by atoms with van der Waals surface area (Å²) < 4.78 is 23.9. The number of hydrogen-bond acceptors (Lipinski definition) is 4. The minimum Gasteiger partial charge on any atom is -0.323 e. The Labute approximate surface area is 108 Å². The normalized spacial score (nSPS) is 19.8. The molecule has 0 radical (unpaired) electrons. The number of rotatable bonds is 4. The molecule has 4 nitrogen and oxygen atoms in total. The summed E-state index contributed by atoms with van der Waals surface area (Å²) in [6.45, 7) is 3.35. The van der Waals surface area contributed by atoms with E-state index in [1.165, 1.54) is 0 Å². The van der Waals surface area contributed by atoms with E-state index in [2.05, 4.69) is 0 Å². The van der Waals surface area contributed by atoms with Crippen molar-refractivity contribution in [1.29, 1.82) is 0 Å². The second-order valence-corrected chi connectivity index (χ2v) is 7.88. The summed E-state index contributed by atoms with van der Waals surface area (Å²) in [7, 11) is -3.21. The van der Waals surface area contributed by atoms with Crippen LogP contribution in [0.5, 0.6) is 0 Å². The molecule has 1 saturated carbocycles. The molecule has 1 atom stereocenters. The molecule has 18 heavy (non-hydrogen) atoms. The lowest BCUT2D eigenvalue weighted by molar-refractivity contribution is 0.535. The Morgan fingerprint density at radius 1 is 1.17 bits per heavy atom. The highest BCUT2D eigenvalue weighted by Crippen LogP contribution is 2.42. The lowest BCUT2D eigenvalue weighted by atomic mass is 9.99. The fraction of sp³-hybridized carbons (Fsp3) is 0.538. The first-order valence-electron chi connectivity index (χ1n) is 6.16. The minimum atomic E-state index is -3.21. The summed E-state index contributed by atoms with van der Waals surface area (Å²) in [5, 5.41) is -0.415. The molecule has 1 aliphatic carbocycles. The van der Waals surface area contributed by atoms with Gasteiger partial charge in [0.25, 0.3) is 0 Å².